The first kappa shape index (κ1) is 17.5. The molecule has 0 saturated heterocycles. The number of hydrogen-bond acceptors (Lipinski definition) is 2. The Morgan fingerprint density at radius 2 is 2.05 bits per heavy atom. The second kappa shape index (κ2) is 9.38. The fourth-order valence-corrected chi connectivity index (χ4v) is 1.83. The van der Waals surface area contributed by atoms with E-state index in [1.807, 2.05) is 35.3 Å². The first-order valence-corrected chi connectivity index (χ1v) is 6.87. The van der Waals surface area contributed by atoms with Crippen molar-refractivity contribution in [3.63, 3.8) is 0 Å². The summed E-state index contributed by atoms with van der Waals surface area (Å²) in [6, 6.07) is 10.3. The standard InChI is InChI=1S/C15H21N5.HI/c1-2-8-17-15(16)18-9-14-10-19-20(12-14)11-13-6-4-3-5-7-13;/h3-7,10,12H,2,8-9,11H2,1H3,(H3,16,17,18);1H. The van der Waals surface area contributed by atoms with Crippen LogP contribution in [-0.4, -0.2) is 22.3 Å². The Morgan fingerprint density at radius 1 is 1.29 bits per heavy atom. The van der Waals surface area contributed by atoms with Crippen molar-refractivity contribution in [1.82, 2.24) is 15.1 Å². The third kappa shape index (κ3) is 6.16. The van der Waals surface area contributed by atoms with E-state index in [0.29, 0.717) is 12.5 Å². The molecule has 0 bridgehead atoms. The summed E-state index contributed by atoms with van der Waals surface area (Å²) in [5.74, 6) is 0.489. The quantitative estimate of drug-likeness (QED) is 0.445. The van der Waals surface area contributed by atoms with E-state index in [-0.39, 0.29) is 24.0 Å². The van der Waals surface area contributed by atoms with Crippen molar-refractivity contribution in [1.29, 1.82) is 0 Å². The van der Waals surface area contributed by atoms with Crippen LogP contribution in [0.1, 0.15) is 24.5 Å². The lowest BCUT2D eigenvalue weighted by molar-refractivity contribution is 0.686. The Hall–Kier alpha value is -1.57. The molecule has 2 rings (SSSR count). The predicted molar refractivity (Wildman–Crippen MR) is 96.8 cm³/mol. The summed E-state index contributed by atoms with van der Waals surface area (Å²) in [4.78, 5) is 4.28. The summed E-state index contributed by atoms with van der Waals surface area (Å²) in [5, 5.41) is 7.39. The minimum absolute atomic E-state index is 0. The molecule has 0 aliphatic carbocycles. The highest BCUT2D eigenvalue weighted by Gasteiger charge is 1.99. The van der Waals surface area contributed by atoms with Gasteiger partial charge < -0.3 is 11.1 Å². The molecule has 1 aromatic heterocycles. The number of benzene rings is 1. The number of nitrogens with one attached hydrogen (secondary N) is 1. The topological polar surface area (TPSA) is 68.2 Å². The third-order valence-electron chi connectivity index (χ3n) is 2.86. The van der Waals surface area contributed by atoms with E-state index in [4.69, 9.17) is 5.73 Å². The van der Waals surface area contributed by atoms with E-state index < -0.39 is 0 Å². The largest absolute Gasteiger partial charge is 0.370 e. The maximum Gasteiger partial charge on any atom is 0.188 e. The van der Waals surface area contributed by atoms with Crippen LogP contribution < -0.4 is 11.1 Å². The van der Waals surface area contributed by atoms with E-state index in [9.17, 15) is 0 Å². The van der Waals surface area contributed by atoms with Crippen LogP contribution in [0, 0.1) is 0 Å². The van der Waals surface area contributed by atoms with Gasteiger partial charge in [-0.3, -0.25) is 4.68 Å². The minimum Gasteiger partial charge on any atom is -0.370 e. The van der Waals surface area contributed by atoms with Gasteiger partial charge in [-0.2, -0.15) is 5.10 Å². The van der Waals surface area contributed by atoms with Gasteiger partial charge in [0.25, 0.3) is 0 Å². The number of aliphatic imine (C=N–C) groups is 1. The molecule has 0 saturated carbocycles. The number of rotatable bonds is 6. The van der Waals surface area contributed by atoms with Gasteiger partial charge in [-0.05, 0) is 12.0 Å². The molecule has 3 N–H and O–H groups in total. The highest BCUT2D eigenvalue weighted by molar-refractivity contribution is 14.0. The fraction of sp³-hybridized carbons (Fsp3) is 0.333. The first-order valence-electron chi connectivity index (χ1n) is 6.87. The fourth-order valence-electron chi connectivity index (χ4n) is 1.83. The lowest BCUT2D eigenvalue weighted by Crippen LogP contribution is -2.32. The molecule has 0 amide bonds. The minimum atomic E-state index is 0. The van der Waals surface area contributed by atoms with Crippen molar-refractivity contribution in [2.24, 2.45) is 10.7 Å². The molecule has 5 nitrogen and oxygen atoms in total. The van der Waals surface area contributed by atoms with Crippen molar-refractivity contribution < 1.29 is 0 Å². The van der Waals surface area contributed by atoms with Crippen molar-refractivity contribution in [3.8, 4) is 0 Å². The van der Waals surface area contributed by atoms with E-state index in [1.165, 1.54) is 5.56 Å². The van der Waals surface area contributed by atoms with Gasteiger partial charge in [0.1, 0.15) is 0 Å². The number of nitrogens with zero attached hydrogens (tertiary/aromatic N) is 3. The zero-order valence-corrected chi connectivity index (χ0v) is 14.5. The smallest absolute Gasteiger partial charge is 0.188 e. The molecule has 0 fully saturated rings. The summed E-state index contributed by atoms with van der Waals surface area (Å²) in [7, 11) is 0. The SMILES string of the molecule is CCCNC(N)=NCc1cnn(Cc2ccccc2)c1.I. The lowest BCUT2D eigenvalue weighted by atomic mass is 10.2. The van der Waals surface area contributed by atoms with Crippen LogP contribution in [0.4, 0.5) is 0 Å². The van der Waals surface area contributed by atoms with Crippen molar-refractivity contribution in [2.75, 3.05) is 6.54 Å². The Bertz CT molecular complexity index is 550. The molecule has 0 spiro atoms. The molecule has 0 aliphatic rings. The van der Waals surface area contributed by atoms with Gasteiger partial charge in [0, 0.05) is 18.3 Å². The van der Waals surface area contributed by atoms with Gasteiger partial charge in [-0.15, -0.1) is 24.0 Å². The molecular formula is C15H22IN5. The highest BCUT2D eigenvalue weighted by Crippen LogP contribution is 2.04. The summed E-state index contributed by atoms with van der Waals surface area (Å²) in [6.07, 6.45) is 4.87. The zero-order valence-electron chi connectivity index (χ0n) is 12.2. The van der Waals surface area contributed by atoms with Gasteiger partial charge >= 0.3 is 0 Å². The molecule has 0 aliphatic heterocycles. The van der Waals surface area contributed by atoms with E-state index >= 15 is 0 Å². The molecular weight excluding hydrogens is 377 g/mol. The number of guanidine groups is 1. The molecule has 1 aromatic carbocycles. The van der Waals surface area contributed by atoms with Crippen molar-refractivity contribution in [2.45, 2.75) is 26.4 Å². The van der Waals surface area contributed by atoms with Crippen LogP contribution in [-0.2, 0) is 13.1 Å². The Labute approximate surface area is 142 Å². The molecule has 114 valence electrons. The molecule has 1 heterocycles. The molecule has 6 heteroatoms. The van der Waals surface area contributed by atoms with Crippen LogP contribution in [0.25, 0.3) is 0 Å². The Balaban J connectivity index is 0.00000220. The molecule has 0 atom stereocenters. The lowest BCUT2D eigenvalue weighted by Gasteiger charge is -2.02. The van der Waals surface area contributed by atoms with Crippen LogP contribution in [0.2, 0.25) is 0 Å². The van der Waals surface area contributed by atoms with E-state index in [1.54, 1.807) is 0 Å². The van der Waals surface area contributed by atoms with Gasteiger partial charge in [-0.25, -0.2) is 4.99 Å². The molecule has 0 radical (unpaired) electrons. The molecule has 2 aromatic rings. The van der Waals surface area contributed by atoms with Crippen molar-refractivity contribution in [3.05, 3.63) is 53.9 Å². The molecule has 21 heavy (non-hydrogen) atoms. The average molecular weight is 399 g/mol. The number of aromatic nitrogens is 2. The van der Waals surface area contributed by atoms with Gasteiger partial charge in [0.15, 0.2) is 5.96 Å². The van der Waals surface area contributed by atoms with Gasteiger partial charge in [-0.1, -0.05) is 37.3 Å². The zero-order chi connectivity index (χ0) is 14.2. The highest BCUT2D eigenvalue weighted by atomic mass is 127. The van der Waals surface area contributed by atoms with E-state index in [2.05, 4.69) is 34.5 Å². The van der Waals surface area contributed by atoms with E-state index in [0.717, 1.165) is 25.1 Å². The van der Waals surface area contributed by atoms with Gasteiger partial charge in [0.05, 0.1) is 19.3 Å². The number of halogens is 1. The summed E-state index contributed by atoms with van der Waals surface area (Å²) in [5.41, 5.74) is 8.04. The number of nitrogens with two attached hydrogens (primary N) is 1. The summed E-state index contributed by atoms with van der Waals surface area (Å²) < 4.78 is 1.91. The van der Waals surface area contributed by atoms with Crippen molar-refractivity contribution >= 4 is 29.9 Å². The predicted octanol–water partition coefficient (Wildman–Crippen LogP) is 2.36. The summed E-state index contributed by atoms with van der Waals surface area (Å²) >= 11 is 0. The monoisotopic (exact) mass is 399 g/mol. The Morgan fingerprint density at radius 3 is 2.76 bits per heavy atom. The van der Waals surface area contributed by atoms with Crippen LogP contribution in [0.5, 0.6) is 0 Å². The maximum absolute atomic E-state index is 5.75. The average Bonchev–Trinajstić information content (AvgIpc) is 2.91. The second-order valence-corrected chi connectivity index (χ2v) is 4.66. The van der Waals surface area contributed by atoms with Gasteiger partial charge in [0.2, 0.25) is 0 Å². The summed E-state index contributed by atoms with van der Waals surface area (Å²) in [6.45, 7) is 4.27. The normalized spacial score (nSPS) is 11.0. The third-order valence-corrected chi connectivity index (χ3v) is 2.86. The van der Waals surface area contributed by atoms with Crippen LogP contribution >= 0.6 is 24.0 Å². The maximum atomic E-state index is 5.75. The first-order chi connectivity index (χ1) is 9.78. The molecule has 0 unspecified atom stereocenters. The van der Waals surface area contributed by atoms with Crippen LogP contribution in [0.3, 0.4) is 0 Å². The Kier molecular flexibility index (Phi) is 7.81. The number of hydrogen-bond donors (Lipinski definition) is 2. The second-order valence-electron chi connectivity index (χ2n) is 4.66. The van der Waals surface area contributed by atoms with Crippen LogP contribution in [0.15, 0.2) is 47.7 Å².